The molecule has 38 heavy (non-hydrogen) atoms. The molecule has 1 aliphatic heterocycles. The summed E-state index contributed by atoms with van der Waals surface area (Å²) >= 11 is 1.19. The molecule has 10 nitrogen and oxygen atoms in total. The Morgan fingerprint density at radius 3 is 2.39 bits per heavy atom. The number of para-hydroxylation sites is 1. The van der Waals surface area contributed by atoms with Gasteiger partial charge in [-0.1, -0.05) is 18.2 Å². The zero-order valence-electron chi connectivity index (χ0n) is 21.1. The smallest absolute Gasteiger partial charge is 0.410 e. The number of hydrogen-bond acceptors (Lipinski definition) is 8. The summed E-state index contributed by atoms with van der Waals surface area (Å²) in [5.41, 5.74) is 1.70. The molecule has 200 valence electrons. The number of carbonyl (C=O) groups excluding carboxylic acids is 3. The molecule has 0 atom stereocenters. The van der Waals surface area contributed by atoms with Gasteiger partial charge in [0.15, 0.2) is 0 Å². The molecule has 2 amide bonds. The second-order valence-corrected chi connectivity index (χ2v) is 11.4. The highest BCUT2D eigenvalue weighted by atomic mass is 32.2. The van der Waals surface area contributed by atoms with E-state index >= 15 is 0 Å². The first kappa shape index (κ1) is 27.1. The largest absolute Gasteiger partial charge is 0.465 e. The summed E-state index contributed by atoms with van der Waals surface area (Å²) in [6.07, 6.45) is -0.0309. The third kappa shape index (κ3) is 5.36. The lowest BCUT2D eigenvalue weighted by molar-refractivity contribution is 0.0600. The minimum absolute atomic E-state index is 0.0290. The number of sulfonamides is 1. The number of benzene rings is 2. The maximum Gasteiger partial charge on any atom is 0.410 e. The van der Waals surface area contributed by atoms with Crippen molar-refractivity contribution in [2.45, 2.75) is 24.8 Å². The van der Waals surface area contributed by atoms with Gasteiger partial charge in [-0.05, 0) is 55.3 Å². The van der Waals surface area contributed by atoms with Crippen molar-refractivity contribution in [3.05, 3.63) is 76.2 Å². The van der Waals surface area contributed by atoms with E-state index in [4.69, 9.17) is 9.47 Å². The molecule has 0 spiro atoms. The highest BCUT2D eigenvalue weighted by Gasteiger charge is 2.31. The van der Waals surface area contributed by atoms with Crippen molar-refractivity contribution in [2.75, 3.05) is 36.9 Å². The second kappa shape index (κ2) is 11.2. The van der Waals surface area contributed by atoms with Crippen LogP contribution < -0.4 is 9.62 Å². The Bertz CT molecular complexity index is 1450. The molecule has 0 fully saturated rings. The maximum atomic E-state index is 13.1. The fourth-order valence-corrected chi connectivity index (χ4v) is 6.51. The highest BCUT2D eigenvalue weighted by molar-refractivity contribution is 7.92. The Balaban J connectivity index is 1.55. The number of thiophene rings is 1. The summed E-state index contributed by atoms with van der Waals surface area (Å²) in [6, 6.07) is 14.2. The molecule has 0 bridgehead atoms. The molecule has 1 N–H and O–H groups in total. The molecule has 2 aromatic carbocycles. The van der Waals surface area contributed by atoms with Gasteiger partial charge < -0.3 is 19.7 Å². The SMILES string of the molecule is CCOC(=O)N1CCc2c(sc(NC(=O)c3ccc(S(=O)(=O)N(C)c4ccccc4)cc3)c2C(=O)OC)C1. The van der Waals surface area contributed by atoms with Gasteiger partial charge in [0.2, 0.25) is 0 Å². The summed E-state index contributed by atoms with van der Waals surface area (Å²) in [6.45, 7) is 2.60. The van der Waals surface area contributed by atoms with Gasteiger partial charge in [-0.15, -0.1) is 11.3 Å². The van der Waals surface area contributed by atoms with Crippen molar-refractivity contribution in [3.8, 4) is 0 Å². The first-order valence-corrected chi connectivity index (χ1v) is 14.0. The van der Waals surface area contributed by atoms with Crippen LogP contribution in [-0.2, 0) is 32.5 Å². The average molecular weight is 558 g/mol. The molecule has 0 unspecified atom stereocenters. The van der Waals surface area contributed by atoms with Crippen LogP contribution in [-0.4, -0.2) is 58.6 Å². The Morgan fingerprint density at radius 1 is 1.08 bits per heavy atom. The third-order valence-electron chi connectivity index (χ3n) is 6.09. The van der Waals surface area contributed by atoms with Crippen LogP contribution in [0.3, 0.4) is 0 Å². The van der Waals surface area contributed by atoms with Gasteiger partial charge in [0.05, 0.1) is 36.4 Å². The zero-order chi connectivity index (χ0) is 27.4. The zero-order valence-corrected chi connectivity index (χ0v) is 22.7. The van der Waals surface area contributed by atoms with Crippen LogP contribution in [0.5, 0.6) is 0 Å². The van der Waals surface area contributed by atoms with E-state index < -0.39 is 28.0 Å². The van der Waals surface area contributed by atoms with E-state index in [1.54, 1.807) is 42.2 Å². The number of carbonyl (C=O) groups is 3. The summed E-state index contributed by atoms with van der Waals surface area (Å²) in [5.74, 6) is -1.11. The van der Waals surface area contributed by atoms with Crippen molar-refractivity contribution in [1.82, 2.24) is 4.90 Å². The van der Waals surface area contributed by atoms with E-state index in [0.717, 1.165) is 10.4 Å². The number of nitrogens with one attached hydrogen (secondary N) is 1. The van der Waals surface area contributed by atoms with E-state index in [0.29, 0.717) is 23.7 Å². The first-order valence-electron chi connectivity index (χ1n) is 11.8. The molecule has 2 heterocycles. The molecule has 12 heteroatoms. The van der Waals surface area contributed by atoms with E-state index in [1.807, 2.05) is 0 Å². The number of ether oxygens (including phenoxy) is 2. The van der Waals surface area contributed by atoms with Gasteiger partial charge in [-0.25, -0.2) is 18.0 Å². The number of hydrogen-bond donors (Lipinski definition) is 1. The van der Waals surface area contributed by atoms with Crippen molar-refractivity contribution in [1.29, 1.82) is 0 Å². The Labute approximate surface area is 224 Å². The number of fused-ring (bicyclic) bond motifs is 1. The quantitative estimate of drug-likeness (QED) is 0.434. The summed E-state index contributed by atoms with van der Waals surface area (Å²) in [4.78, 5) is 40.2. The Kier molecular flexibility index (Phi) is 8.02. The number of methoxy groups -OCH3 is 1. The maximum absolute atomic E-state index is 13.1. The molecular weight excluding hydrogens is 530 g/mol. The van der Waals surface area contributed by atoms with Crippen LogP contribution in [0.1, 0.15) is 38.1 Å². The lowest BCUT2D eigenvalue weighted by atomic mass is 10.0. The monoisotopic (exact) mass is 557 g/mol. The lowest BCUT2D eigenvalue weighted by Crippen LogP contribution is -2.36. The Hall–Kier alpha value is -3.90. The fourth-order valence-electron chi connectivity index (χ4n) is 4.07. The van der Waals surface area contributed by atoms with Crippen LogP contribution in [0, 0.1) is 0 Å². The predicted octanol–water partition coefficient (Wildman–Crippen LogP) is 4.13. The van der Waals surface area contributed by atoms with Crippen LogP contribution in [0.15, 0.2) is 59.5 Å². The minimum atomic E-state index is -3.83. The summed E-state index contributed by atoms with van der Waals surface area (Å²) in [7, 11) is -1.11. The number of esters is 1. The standard InChI is InChI=1S/C26H27N3O7S2/c1-4-36-26(32)29-15-14-20-21(16-29)37-24(22(20)25(31)35-3)27-23(30)17-10-12-19(13-11-17)38(33,34)28(2)18-8-6-5-7-9-18/h5-13H,4,14-16H2,1-3H3,(H,27,30). The topological polar surface area (TPSA) is 122 Å². The van der Waals surface area contributed by atoms with Gasteiger partial charge in [-0.3, -0.25) is 9.10 Å². The molecule has 0 aliphatic carbocycles. The predicted molar refractivity (Wildman–Crippen MR) is 143 cm³/mol. The number of nitrogens with zero attached hydrogens (tertiary/aromatic N) is 2. The molecule has 3 aromatic rings. The van der Waals surface area contributed by atoms with Gasteiger partial charge in [0.1, 0.15) is 5.00 Å². The third-order valence-corrected chi connectivity index (χ3v) is 9.03. The van der Waals surface area contributed by atoms with Crippen molar-refractivity contribution in [2.24, 2.45) is 0 Å². The molecule has 0 saturated carbocycles. The van der Waals surface area contributed by atoms with E-state index in [2.05, 4.69) is 5.32 Å². The first-order chi connectivity index (χ1) is 18.2. The highest BCUT2D eigenvalue weighted by Crippen LogP contribution is 2.38. The normalized spacial score (nSPS) is 12.9. The van der Waals surface area contributed by atoms with E-state index in [9.17, 15) is 22.8 Å². The van der Waals surface area contributed by atoms with Crippen LogP contribution in [0.2, 0.25) is 0 Å². The average Bonchev–Trinajstić information content (AvgIpc) is 3.29. The fraction of sp³-hybridized carbons (Fsp3) is 0.269. The lowest BCUT2D eigenvalue weighted by Gasteiger charge is -2.26. The van der Waals surface area contributed by atoms with E-state index in [1.165, 1.54) is 54.1 Å². The number of amides is 2. The van der Waals surface area contributed by atoms with Gasteiger partial charge in [0.25, 0.3) is 15.9 Å². The number of anilines is 2. The van der Waals surface area contributed by atoms with E-state index in [-0.39, 0.29) is 29.2 Å². The van der Waals surface area contributed by atoms with Gasteiger partial charge >= 0.3 is 12.1 Å². The van der Waals surface area contributed by atoms with Gasteiger partial charge in [0, 0.05) is 24.0 Å². The minimum Gasteiger partial charge on any atom is -0.465 e. The number of rotatable bonds is 7. The van der Waals surface area contributed by atoms with Crippen molar-refractivity contribution >= 4 is 50.0 Å². The van der Waals surface area contributed by atoms with Crippen LogP contribution >= 0.6 is 11.3 Å². The molecule has 0 saturated heterocycles. The van der Waals surface area contributed by atoms with Crippen molar-refractivity contribution < 1.29 is 32.3 Å². The molecule has 0 radical (unpaired) electrons. The Morgan fingerprint density at radius 2 is 1.76 bits per heavy atom. The van der Waals surface area contributed by atoms with Gasteiger partial charge in [-0.2, -0.15) is 0 Å². The van der Waals surface area contributed by atoms with Crippen molar-refractivity contribution in [3.63, 3.8) is 0 Å². The second-order valence-electron chi connectivity index (χ2n) is 8.36. The van der Waals surface area contributed by atoms with Crippen LogP contribution in [0.25, 0.3) is 0 Å². The van der Waals surface area contributed by atoms with Crippen LogP contribution in [0.4, 0.5) is 15.5 Å². The molecular formula is C26H27N3O7S2. The molecule has 1 aliphatic rings. The summed E-state index contributed by atoms with van der Waals surface area (Å²) < 4.78 is 37.3. The molecule has 4 rings (SSSR count). The summed E-state index contributed by atoms with van der Waals surface area (Å²) in [5, 5.41) is 3.06. The molecule has 1 aromatic heterocycles.